The van der Waals surface area contributed by atoms with Crippen LogP contribution in [-0.2, 0) is 24.2 Å². The van der Waals surface area contributed by atoms with Gasteiger partial charge in [-0.25, -0.2) is 0 Å². The summed E-state index contributed by atoms with van der Waals surface area (Å²) in [7, 11) is 3.24. The van der Waals surface area contributed by atoms with E-state index in [9.17, 15) is 9.90 Å². The van der Waals surface area contributed by atoms with E-state index in [0.717, 1.165) is 24.8 Å². The summed E-state index contributed by atoms with van der Waals surface area (Å²) < 4.78 is 10.8. The number of carbonyl (C=O) groups is 1. The van der Waals surface area contributed by atoms with Crippen molar-refractivity contribution in [3.8, 4) is 17.4 Å². The normalized spacial score (nSPS) is 16.8. The Labute approximate surface area is 181 Å². The lowest BCUT2D eigenvalue weighted by molar-refractivity contribution is -0.131. The molecule has 1 aromatic heterocycles. The van der Waals surface area contributed by atoms with Crippen LogP contribution in [0.1, 0.15) is 48.1 Å². The van der Waals surface area contributed by atoms with Crippen LogP contribution in [-0.4, -0.2) is 47.7 Å². The molecule has 0 unspecified atom stereocenters. The van der Waals surface area contributed by atoms with Crippen LogP contribution in [0.4, 0.5) is 5.13 Å². The van der Waals surface area contributed by atoms with Gasteiger partial charge >= 0.3 is 0 Å². The molecule has 162 valence electrons. The van der Waals surface area contributed by atoms with Gasteiger partial charge in [-0.1, -0.05) is 30.6 Å². The fourth-order valence-electron chi connectivity index (χ4n) is 4.29. The minimum Gasteiger partial charge on any atom is -0.493 e. The van der Waals surface area contributed by atoms with Crippen molar-refractivity contribution in [2.45, 2.75) is 57.5 Å². The van der Waals surface area contributed by atoms with Gasteiger partial charge in [0.15, 0.2) is 16.6 Å². The smallest absolute Gasteiger partial charge is 0.228 e. The number of fused-ring (bicyclic) bond motifs is 1. The lowest BCUT2D eigenvalue weighted by Crippen LogP contribution is -2.36. The molecule has 1 aliphatic heterocycles. The van der Waals surface area contributed by atoms with Crippen LogP contribution in [0, 0.1) is 0 Å². The number of carbonyl (C=O) groups excluding carboxylic acids is 1. The molecule has 8 heteroatoms. The quantitative estimate of drug-likeness (QED) is 0.725. The molecule has 7 nitrogen and oxygen atoms in total. The summed E-state index contributed by atoms with van der Waals surface area (Å²) >= 11 is 1.39. The number of methoxy groups -OCH3 is 2. The maximum atomic E-state index is 12.9. The van der Waals surface area contributed by atoms with Gasteiger partial charge in [-0.2, -0.15) is 4.98 Å². The Bertz CT molecular complexity index is 908. The lowest BCUT2D eigenvalue weighted by Gasteiger charge is -2.29. The largest absolute Gasteiger partial charge is 0.493 e. The Morgan fingerprint density at radius 1 is 1.20 bits per heavy atom. The third-order valence-corrected chi connectivity index (χ3v) is 6.97. The highest BCUT2D eigenvalue weighted by molar-refractivity contribution is 7.16. The van der Waals surface area contributed by atoms with Crippen LogP contribution in [0.25, 0.3) is 0 Å². The average Bonchev–Trinajstić information content (AvgIpc) is 3.11. The topological polar surface area (TPSA) is 83.9 Å². The van der Waals surface area contributed by atoms with Crippen molar-refractivity contribution >= 4 is 22.4 Å². The number of aromatic nitrogens is 1. The summed E-state index contributed by atoms with van der Waals surface area (Å²) in [5.41, 5.74) is 2.25. The highest BCUT2D eigenvalue weighted by Crippen LogP contribution is 2.34. The summed E-state index contributed by atoms with van der Waals surface area (Å²) in [5, 5.41) is 14.4. The standard InChI is InChI=1S/C22H29N3O4S/c1-28-17-10-14-8-9-25(13-15(14)11-18(17)29-2)20(26)12-19-21(27)24-22(30-19)23-16-6-4-3-5-7-16/h10-11,16,27H,3-9,12-13H2,1-2H3,(H,23,24). The molecule has 2 aliphatic rings. The van der Waals surface area contributed by atoms with Crippen molar-refractivity contribution in [1.82, 2.24) is 9.88 Å². The molecule has 1 fully saturated rings. The van der Waals surface area contributed by atoms with E-state index in [1.165, 1.54) is 36.2 Å². The number of benzene rings is 1. The molecular formula is C22H29N3O4S. The number of aromatic hydroxyl groups is 1. The molecule has 0 spiro atoms. The van der Waals surface area contributed by atoms with Crippen molar-refractivity contribution < 1.29 is 19.4 Å². The van der Waals surface area contributed by atoms with E-state index in [-0.39, 0.29) is 18.2 Å². The van der Waals surface area contributed by atoms with Crippen LogP contribution in [0.5, 0.6) is 17.4 Å². The molecule has 0 atom stereocenters. The molecule has 0 saturated heterocycles. The number of rotatable bonds is 6. The molecule has 1 saturated carbocycles. The van der Waals surface area contributed by atoms with Gasteiger partial charge in [0.1, 0.15) is 0 Å². The second-order valence-corrected chi connectivity index (χ2v) is 9.05. The Hall–Kier alpha value is -2.48. The molecule has 0 bridgehead atoms. The molecule has 1 aromatic carbocycles. The van der Waals surface area contributed by atoms with Crippen molar-refractivity contribution in [3.63, 3.8) is 0 Å². The van der Waals surface area contributed by atoms with Gasteiger partial charge in [-0.15, -0.1) is 0 Å². The molecule has 2 heterocycles. The molecule has 1 aliphatic carbocycles. The third kappa shape index (κ3) is 4.48. The molecule has 30 heavy (non-hydrogen) atoms. The van der Waals surface area contributed by atoms with Crippen LogP contribution >= 0.6 is 11.3 Å². The van der Waals surface area contributed by atoms with E-state index in [1.807, 2.05) is 17.0 Å². The van der Waals surface area contributed by atoms with Gasteiger partial charge in [-0.05, 0) is 42.5 Å². The predicted molar refractivity (Wildman–Crippen MR) is 117 cm³/mol. The molecule has 2 N–H and O–H groups in total. The van der Waals surface area contributed by atoms with Gasteiger partial charge in [-0.3, -0.25) is 4.79 Å². The number of amides is 1. The SMILES string of the molecule is COc1cc2c(cc1OC)CN(C(=O)Cc1sc(NC3CCCCC3)nc1O)CC2. The van der Waals surface area contributed by atoms with Crippen molar-refractivity contribution in [2.24, 2.45) is 0 Å². The Balaban J connectivity index is 1.41. The monoisotopic (exact) mass is 431 g/mol. The average molecular weight is 432 g/mol. The zero-order valence-corrected chi connectivity index (χ0v) is 18.4. The van der Waals surface area contributed by atoms with Crippen LogP contribution in [0.2, 0.25) is 0 Å². The van der Waals surface area contributed by atoms with E-state index in [4.69, 9.17) is 9.47 Å². The number of hydrogen-bond donors (Lipinski definition) is 2. The maximum absolute atomic E-state index is 12.9. The molecular weight excluding hydrogens is 402 g/mol. The van der Waals surface area contributed by atoms with E-state index in [1.54, 1.807) is 14.2 Å². The van der Waals surface area contributed by atoms with Crippen molar-refractivity contribution in [1.29, 1.82) is 0 Å². The number of nitrogens with zero attached hydrogens (tertiary/aromatic N) is 2. The predicted octanol–water partition coefficient (Wildman–Crippen LogP) is 3.74. The first kappa shape index (κ1) is 20.8. The number of nitrogens with one attached hydrogen (secondary N) is 1. The van der Waals surface area contributed by atoms with Crippen molar-refractivity contribution in [2.75, 3.05) is 26.1 Å². The molecule has 4 rings (SSSR count). The Morgan fingerprint density at radius 3 is 2.60 bits per heavy atom. The summed E-state index contributed by atoms with van der Waals surface area (Å²) in [6.45, 7) is 1.18. The Morgan fingerprint density at radius 2 is 1.90 bits per heavy atom. The molecule has 0 radical (unpaired) electrons. The first-order valence-corrected chi connectivity index (χ1v) is 11.4. The van der Waals surface area contributed by atoms with E-state index < -0.39 is 0 Å². The van der Waals surface area contributed by atoms with Gasteiger partial charge in [0.05, 0.1) is 25.5 Å². The second-order valence-electron chi connectivity index (χ2n) is 7.96. The third-order valence-electron chi connectivity index (χ3n) is 5.99. The summed E-state index contributed by atoms with van der Waals surface area (Å²) in [4.78, 5) is 19.6. The van der Waals surface area contributed by atoms with E-state index in [0.29, 0.717) is 40.6 Å². The maximum Gasteiger partial charge on any atom is 0.228 e. The zero-order chi connectivity index (χ0) is 21.1. The lowest BCUT2D eigenvalue weighted by atomic mass is 9.96. The first-order chi connectivity index (χ1) is 14.6. The fourth-order valence-corrected chi connectivity index (χ4v) is 5.21. The number of anilines is 1. The van der Waals surface area contributed by atoms with E-state index in [2.05, 4.69) is 10.3 Å². The summed E-state index contributed by atoms with van der Waals surface area (Å²) in [5.74, 6) is 1.35. The minimum absolute atomic E-state index is 0.00130. The molecule has 2 aromatic rings. The minimum atomic E-state index is -0.0320. The zero-order valence-electron chi connectivity index (χ0n) is 17.6. The number of hydrogen-bond acceptors (Lipinski definition) is 7. The van der Waals surface area contributed by atoms with Gasteiger partial charge in [0, 0.05) is 19.1 Å². The van der Waals surface area contributed by atoms with Crippen molar-refractivity contribution in [3.05, 3.63) is 28.1 Å². The van der Waals surface area contributed by atoms with Gasteiger partial charge in [0.2, 0.25) is 11.8 Å². The van der Waals surface area contributed by atoms with Gasteiger partial charge < -0.3 is 24.8 Å². The van der Waals surface area contributed by atoms with E-state index >= 15 is 0 Å². The first-order valence-electron chi connectivity index (χ1n) is 10.5. The second kappa shape index (κ2) is 9.12. The summed E-state index contributed by atoms with van der Waals surface area (Å²) in [6, 6.07) is 4.36. The van der Waals surface area contributed by atoms with Crippen LogP contribution < -0.4 is 14.8 Å². The highest BCUT2D eigenvalue weighted by Gasteiger charge is 2.25. The number of ether oxygens (including phenoxy) is 2. The Kier molecular flexibility index (Phi) is 6.32. The van der Waals surface area contributed by atoms with Crippen LogP contribution in [0.15, 0.2) is 12.1 Å². The highest BCUT2D eigenvalue weighted by atomic mass is 32.1. The molecule has 1 amide bonds. The van der Waals surface area contributed by atoms with Gasteiger partial charge in [0.25, 0.3) is 0 Å². The summed E-state index contributed by atoms with van der Waals surface area (Å²) in [6.07, 6.45) is 6.95. The van der Waals surface area contributed by atoms with Crippen LogP contribution in [0.3, 0.4) is 0 Å². The number of thiazole rings is 1. The fraction of sp³-hybridized carbons (Fsp3) is 0.545.